The monoisotopic (exact) mass is 357 g/mol. The van der Waals surface area contributed by atoms with Crippen LogP contribution in [0, 0.1) is 6.92 Å². The molecule has 0 aromatic heterocycles. The molecule has 2 aromatic rings. The first-order chi connectivity index (χ1) is 10.4. The van der Waals surface area contributed by atoms with Crippen LogP contribution < -0.4 is 10.1 Å². The van der Waals surface area contributed by atoms with Crippen molar-refractivity contribution in [3.05, 3.63) is 57.0 Å². The number of halogens is 3. The molecule has 0 saturated heterocycles. The molecule has 1 atom stereocenters. The van der Waals surface area contributed by atoms with Crippen molar-refractivity contribution in [3.8, 4) is 5.75 Å². The number of hydrogen-bond acceptors (Lipinski definition) is 2. The van der Waals surface area contributed by atoms with Crippen LogP contribution in [0.1, 0.15) is 12.5 Å². The van der Waals surface area contributed by atoms with Crippen molar-refractivity contribution in [3.63, 3.8) is 0 Å². The fourth-order valence-corrected chi connectivity index (χ4v) is 2.36. The molecule has 2 rings (SSSR count). The quantitative estimate of drug-likeness (QED) is 0.799. The summed E-state index contributed by atoms with van der Waals surface area (Å²) in [6.45, 7) is 3.53. The first kappa shape index (κ1) is 16.9. The molecule has 1 amide bonds. The molecule has 22 heavy (non-hydrogen) atoms. The average molecular weight is 359 g/mol. The highest BCUT2D eigenvalue weighted by Gasteiger charge is 2.16. The second kappa shape index (κ2) is 7.23. The Morgan fingerprint density at radius 2 is 1.82 bits per heavy atom. The summed E-state index contributed by atoms with van der Waals surface area (Å²) in [6.07, 6.45) is -0.723. The second-order valence-corrected chi connectivity index (χ2v) is 6.04. The number of rotatable bonds is 4. The zero-order chi connectivity index (χ0) is 16.3. The van der Waals surface area contributed by atoms with E-state index in [9.17, 15) is 4.79 Å². The Kier molecular flexibility index (Phi) is 5.57. The second-order valence-electron chi connectivity index (χ2n) is 4.79. The largest absolute Gasteiger partial charge is 0.479 e. The van der Waals surface area contributed by atoms with Gasteiger partial charge in [0.05, 0.1) is 5.02 Å². The molecule has 0 saturated carbocycles. The minimum Gasteiger partial charge on any atom is -0.479 e. The van der Waals surface area contributed by atoms with Gasteiger partial charge in [0.25, 0.3) is 5.91 Å². The van der Waals surface area contributed by atoms with Gasteiger partial charge in [0.15, 0.2) is 6.10 Å². The molecule has 2 aromatic carbocycles. The summed E-state index contributed by atoms with van der Waals surface area (Å²) in [5.41, 5.74) is 1.55. The zero-order valence-corrected chi connectivity index (χ0v) is 14.3. The predicted octanol–water partition coefficient (Wildman–Crippen LogP) is 5.36. The van der Waals surface area contributed by atoms with Crippen molar-refractivity contribution < 1.29 is 9.53 Å². The van der Waals surface area contributed by atoms with Gasteiger partial charge in [-0.15, -0.1) is 0 Å². The highest BCUT2D eigenvalue weighted by Crippen LogP contribution is 2.28. The lowest BCUT2D eigenvalue weighted by atomic mass is 10.2. The molecule has 0 fully saturated rings. The van der Waals surface area contributed by atoms with Crippen LogP contribution in [0.15, 0.2) is 36.4 Å². The third kappa shape index (κ3) is 4.29. The van der Waals surface area contributed by atoms with Gasteiger partial charge >= 0.3 is 0 Å². The average Bonchev–Trinajstić information content (AvgIpc) is 2.45. The number of benzene rings is 2. The summed E-state index contributed by atoms with van der Waals surface area (Å²) < 4.78 is 5.55. The Hall–Kier alpha value is -1.42. The summed E-state index contributed by atoms with van der Waals surface area (Å²) in [7, 11) is 0. The Morgan fingerprint density at radius 3 is 2.45 bits per heavy atom. The summed E-state index contributed by atoms with van der Waals surface area (Å²) in [5, 5.41) is 4.19. The molecular weight excluding hydrogens is 345 g/mol. The first-order valence-electron chi connectivity index (χ1n) is 6.55. The van der Waals surface area contributed by atoms with Crippen LogP contribution in [-0.2, 0) is 4.79 Å². The number of nitrogens with one attached hydrogen (secondary N) is 1. The number of carbonyl (C=O) groups is 1. The lowest BCUT2D eigenvalue weighted by Gasteiger charge is -2.16. The van der Waals surface area contributed by atoms with E-state index < -0.39 is 6.10 Å². The van der Waals surface area contributed by atoms with Crippen molar-refractivity contribution >= 4 is 46.4 Å². The van der Waals surface area contributed by atoms with Gasteiger partial charge in [0.2, 0.25) is 0 Å². The van der Waals surface area contributed by atoms with Gasteiger partial charge in [0.1, 0.15) is 5.75 Å². The lowest BCUT2D eigenvalue weighted by Crippen LogP contribution is -2.30. The molecule has 0 radical (unpaired) electrons. The minimum absolute atomic E-state index is 0.300. The van der Waals surface area contributed by atoms with Gasteiger partial charge in [-0.1, -0.05) is 40.9 Å². The Balaban J connectivity index is 2.04. The van der Waals surface area contributed by atoms with E-state index in [0.717, 1.165) is 5.56 Å². The molecule has 116 valence electrons. The molecule has 6 heteroatoms. The molecular formula is C16H14Cl3NO2. The Labute approximate surface area is 144 Å². The van der Waals surface area contributed by atoms with E-state index >= 15 is 0 Å². The zero-order valence-electron chi connectivity index (χ0n) is 12.0. The molecule has 0 aliphatic heterocycles. The van der Waals surface area contributed by atoms with Crippen LogP contribution in [-0.4, -0.2) is 12.0 Å². The maximum Gasteiger partial charge on any atom is 0.265 e. The normalized spacial score (nSPS) is 11.9. The molecule has 0 spiro atoms. The van der Waals surface area contributed by atoms with Crippen LogP contribution in [0.2, 0.25) is 15.1 Å². The van der Waals surface area contributed by atoms with E-state index in [2.05, 4.69) is 5.32 Å². The van der Waals surface area contributed by atoms with E-state index in [4.69, 9.17) is 39.5 Å². The summed E-state index contributed by atoms with van der Waals surface area (Å²) >= 11 is 17.9. The molecule has 0 aliphatic rings. The van der Waals surface area contributed by atoms with Crippen molar-refractivity contribution in [1.29, 1.82) is 0 Å². The van der Waals surface area contributed by atoms with Crippen molar-refractivity contribution in [1.82, 2.24) is 0 Å². The van der Waals surface area contributed by atoms with Crippen LogP contribution in [0.4, 0.5) is 5.69 Å². The molecule has 0 heterocycles. The number of anilines is 1. The first-order valence-corrected chi connectivity index (χ1v) is 7.69. The maximum atomic E-state index is 12.1. The van der Waals surface area contributed by atoms with Gasteiger partial charge in [0, 0.05) is 15.7 Å². The number of amides is 1. The van der Waals surface area contributed by atoms with Crippen LogP contribution in [0.25, 0.3) is 0 Å². The van der Waals surface area contributed by atoms with Gasteiger partial charge in [-0.2, -0.15) is 0 Å². The topological polar surface area (TPSA) is 38.3 Å². The van der Waals surface area contributed by atoms with Gasteiger partial charge in [-0.3, -0.25) is 4.79 Å². The fourth-order valence-electron chi connectivity index (χ4n) is 1.73. The predicted molar refractivity (Wildman–Crippen MR) is 91.4 cm³/mol. The van der Waals surface area contributed by atoms with Crippen LogP contribution in [0.5, 0.6) is 5.75 Å². The molecule has 1 N–H and O–H groups in total. The van der Waals surface area contributed by atoms with Crippen molar-refractivity contribution in [2.75, 3.05) is 5.32 Å². The number of hydrogen-bond donors (Lipinski definition) is 1. The number of aryl methyl sites for hydroxylation is 1. The Bertz CT molecular complexity index is 704. The van der Waals surface area contributed by atoms with E-state index in [1.807, 2.05) is 13.0 Å². The maximum absolute atomic E-state index is 12.1. The highest BCUT2D eigenvalue weighted by molar-refractivity contribution is 6.35. The lowest BCUT2D eigenvalue weighted by molar-refractivity contribution is -0.122. The number of carbonyl (C=O) groups excluding carboxylic acids is 1. The standard InChI is InChI=1S/C16H14Cl3NO2/c1-9-3-5-12(8-13(9)18)20-16(21)10(2)22-15-6-4-11(17)7-14(15)19/h3-8,10H,1-2H3,(H,20,21)/t10-/m1/s1. The molecule has 3 nitrogen and oxygen atoms in total. The van der Waals surface area contributed by atoms with Crippen molar-refractivity contribution in [2.45, 2.75) is 20.0 Å². The molecule has 0 aliphatic carbocycles. The summed E-state index contributed by atoms with van der Waals surface area (Å²) in [4.78, 5) is 12.1. The fraction of sp³-hybridized carbons (Fsp3) is 0.188. The SMILES string of the molecule is Cc1ccc(NC(=O)[C@@H](C)Oc2ccc(Cl)cc2Cl)cc1Cl. The smallest absolute Gasteiger partial charge is 0.265 e. The molecule has 0 unspecified atom stereocenters. The van der Waals surface area contributed by atoms with Gasteiger partial charge < -0.3 is 10.1 Å². The third-order valence-electron chi connectivity index (χ3n) is 3.01. The number of ether oxygens (including phenoxy) is 1. The minimum atomic E-state index is -0.723. The van der Waals surface area contributed by atoms with Crippen LogP contribution >= 0.6 is 34.8 Å². The molecule has 0 bridgehead atoms. The Morgan fingerprint density at radius 1 is 1.09 bits per heavy atom. The van der Waals surface area contributed by atoms with Crippen molar-refractivity contribution in [2.24, 2.45) is 0 Å². The summed E-state index contributed by atoms with van der Waals surface area (Å²) in [6, 6.07) is 10.1. The van der Waals surface area contributed by atoms with Crippen LogP contribution in [0.3, 0.4) is 0 Å². The van der Waals surface area contributed by atoms with Gasteiger partial charge in [-0.25, -0.2) is 0 Å². The van der Waals surface area contributed by atoms with E-state index in [0.29, 0.717) is 26.5 Å². The van der Waals surface area contributed by atoms with Gasteiger partial charge in [-0.05, 0) is 49.7 Å². The highest BCUT2D eigenvalue weighted by atomic mass is 35.5. The summed E-state index contributed by atoms with van der Waals surface area (Å²) in [5.74, 6) is 0.0987. The van der Waals surface area contributed by atoms with E-state index in [1.165, 1.54) is 0 Å². The third-order valence-corrected chi connectivity index (χ3v) is 3.94. The van der Waals surface area contributed by atoms with E-state index in [1.54, 1.807) is 37.3 Å². The van der Waals surface area contributed by atoms with E-state index in [-0.39, 0.29) is 5.91 Å².